The lowest BCUT2D eigenvalue weighted by molar-refractivity contribution is -0.121. The van der Waals surface area contributed by atoms with Crippen molar-refractivity contribution in [3.63, 3.8) is 0 Å². The average molecular weight is 227 g/mol. The minimum absolute atomic E-state index is 0.0534. The van der Waals surface area contributed by atoms with Gasteiger partial charge in [0.15, 0.2) is 0 Å². The summed E-state index contributed by atoms with van der Waals surface area (Å²) in [5, 5.41) is 0. The zero-order valence-corrected chi connectivity index (χ0v) is 10.6. The number of likely N-dealkylation sites (tertiary alicyclic amines) is 1. The topological polar surface area (TPSA) is 58.4 Å². The number of carbonyl (C=O) groups excluding carboxylic acids is 1. The molecule has 0 atom stereocenters. The molecule has 1 heterocycles. The first-order valence-corrected chi connectivity index (χ1v) is 6.25. The number of nitrogens with two attached hydrogens (primary N) is 1. The number of hydrogen-bond donors (Lipinski definition) is 2. The Balaban J connectivity index is 1.98. The van der Waals surface area contributed by atoms with Crippen molar-refractivity contribution >= 4 is 5.91 Å². The van der Waals surface area contributed by atoms with Crippen molar-refractivity contribution in [1.82, 2.24) is 10.3 Å². The molecule has 0 aromatic heterocycles. The van der Waals surface area contributed by atoms with Crippen LogP contribution in [0.25, 0.3) is 0 Å². The van der Waals surface area contributed by atoms with Crippen LogP contribution in [0.3, 0.4) is 0 Å². The summed E-state index contributed by atoms with van der Waals surface area (Å²) in [7, 11) is 0. The highest BCUT2D eigenvalue weighted by molar-refractivity contribution is 5.74. The van der Waals surface area contributed by atoms with Gasteiger partial charge in [-0.15, -0.1) is 0 Å². The Morgan fingerprint density at radius 1 is 1.38 bits per heavy atom. The molecule has 1 rings (SSSR count). The van der Waals surface area contributed by atoms with Crippen LogP contribution in [-0.2, 0) is 4.79 Å². The van der Waals surface area contributed by atoms with Gasteiger partial charge in [0.1, 0.15) is 0 Å². The van der Waals surface area contributed by atoms with E-state index in [1.807, 2.05) is 0 Å². The first-order valence-electron chi connectivity index (χ1n) is 6.25. The molecule has 3 N–H and O–H groups in total. The number of nitrogens with one attached hydrogen (secondary N) is 1. The zero-order valence-electron chi connectivity index (χ0n) is 10.6. The Labute approximate surface area is 98.5 Å². The van der Waals surface area contributed by atoms with E-state index in [1.165, 1.54) is 32.5 Å². The molecule has 1 amide bonds. The minimum atomic E-state index is -0.0534. The lowest BCUT2D eigenvalue weighted by Crippen LogP contribution is -2.29. The first-order chi connectivity index (χ1) is 7.53. The normalized spacial score (nSPS) is 19.9. The molecule has 94 valence electrons. The molecule has 0 spiro atoms. The van der Waals surface area contributed by atoms with Crippen molar-refractivity contribution in [3.8, 4) is 0 Å². The van der Waals surface area contributed by atoms with E-state index in [0.717, 1.165) is 12.8 Å². The predicted octanol–water partition coefficient (Wildman–Crippen LogP) is 1.27. The lowest BCUT2D eigenvalue weighted by atomic mass is 9.93. The zero-order chi connectivity index (χ0) is 12.0. The third kappa shape index (κ3) is 4.94. The molecule has 0 unspecified atom stereocenters. The summed E-state index contributed by atoms with van der Waals surface area (Å²) in [6.45, 7) is 8.29. The highest BCUT2D eigenvalue weighted by atomic mass is 16.2. The molecule has 4 nitrogen and oxygen atoms in total. The number of hydrogen-bond acceptors (Lipinski definition) is 3. The fourth-order valence-electron chi connectivity index (χ4n) is 2.28. The monoisotopic (exact) mass is 227 g/mol. The van der Waals surface area contributed by atoms with Crippen molar-refractivity contribution < 1.29 is 4.79 Å². The Kier molecular flexibility index (Phi) is 5.22. The van der Waals surface area contributed by atoms with Gasteiger partial charge in [0.05, 0.1) is 0 Å². The molecule has 16 heavy (non-hydrogen) atoms. The van der Waals surface area contributed by atoms with Crippen LogP contribution in [0, 0.1) is 5.41 Å². The van der Waals surface area contributed by atoms with Crippen LogP contribution >= 0.6 is 0 Å². The summed E-state index contributed by atoms with van der Waals surface area (Å²) in [5.74, 6) is 4.95. The van der Waals surface area contributed by atoms with Gasteiger partial charge in [-0.25, -0.2) is 5.84 Å². The molecule has 0 bridgehead atoms. The van der Waals surface area contributed by atoms with E-state index in [-0.39, 0.29) is 5.91 Å². The molecule has 0 aromatic carbocycles. The number of carbonyl (C=O) groups is 1. The van der Waals surface area contributed by atoms with E-state index < -0.39 is 0 Å². The summed E-state index contributed by atoms with van der Waals surface area (Å²) < 4.78 is 0. The van der Waals surface area contributed by atoms with Gasteiger partial charge in [0.25, 0.3) is 0 Å². The molecule has 1 aliphatic rings. The molecule has 0 radical (unpaired) electrons. The van der Waals surface area contributed by atoms with Gasteiger partial charge in [-0.05, 0) is 37.8 Å². The quantitative estimate of drug-likeness (QED) is 0.311. The standard InChI is InChI=1S/C12H25N3O/c1-12(2)7-9-15(10-12)8-5-3-4-6-11(16)14-13/h3-10,13H2,1-2H3,(H,14,16). The third-order valence-corrected chi connectivity index (χ3v) is 3.30. The van der Waals surface area contributed by atoms with Crippen molar-refractivity contribution in [2.75, 3.05) is 19.6 Å². The van der Waals surface area contributed by atoms with Gasteiger partial charge in [-0.3, -0.25) is 10.2 Å². The SMILES string of the molecule is CC1(C)CCN(CCCCCC(=O)NN)C1. The van der Waals surface area contributed by atoms with E-state index in [9.17, 15) is 4.79 Å². The molecular formula is C12H25N3O. The van der Waals surface area contributed by atoms with Crippen LogP contribution < -0.4 is 11.3 Å². The number of amides is 1. The number of unbranched alkanes of at least 4 members (excludes halogenated alkanes) is 2. The average Bonchev–Trinajstić information content (AvgIpc) is 2.57. The van der Waals surface area contributed by atoms with E-state index in [0.29, 0.717) is 11.8 Å². The first kappa shape index (κ1) is 13.5. The maximum Gasteiger partial charge on any atom is 0.233 e. The predicted molar refractivity (Wildman–Crippen MR) is 65.6 cm³/mol. The van der Waals surface area contributed by atoms with Gasteiger partial charge in [-0.2, -0.15) is 0 Å². The van der Waals surface area contributed by atoms with E-state index >= 15 is 0 Å². The summed E-state index contributed by atoms with van der Waals surface area (Å²) in [6, 6.07) is 0. The highest BCUT2D eigenvalue weighted by Crippen LogP contribution is 2.28. The van der Waals surface area contributed by atoms with Crippen LogP contribution in [0.5, 0.6) is 0 Å². The largest absolute Gasteiger partial charge is 0.303 e. The number of nitrogens with zero attached hydrogens (tertiary/aromatic N) is 1. The van der Waals surface area contributed by atoms with Gasteiger partial charge in [-0.1, -0.05) is 20.3 Å². The molecule has 0 aliphatic carbocycles. The fourth-order valence-corrected chi connectivity index (χ4v) is 2.28. The molecule has 1 aliphatic heterocycles. The Hall–Kier alpha value is -0.610. The second-order valence-corrected chi connectivity index (χ2v) is 5.57. The fraction of sp³-hybridized carbons (Fsp3) is 0.917. The lowest BCUT2D eigenvalue weighted by Gasteiger charge is -2.19. The molecule has 1 saturated heterocycles. The van der Waals surface area contributed by atoms with Gasteiger partial charge in [0.2, 0.25) is 5.91 Å². The van der Waals surface area contributed by atoms with Crippen LogP contribution in [0.4, 0.5) is 0 Å². The third-order valence-electron chi connectivity index (χ3n) is 3.30. The Morgan fingerprint density at radius 3 is 2.69 bits per heavy atom. The highest BCUT2D eigenvalue weighted by Gasteiger charge is 2.28. The van der Waals surface area contributed by atoms with Gasteiger partial charge in [0, 0.05) is 13.0 Å². The van der Waals surface area contributed by atoms with Crippen LogP contribution in [-0.4, -0.2) is 30.4 Å². The van der Waals surface area contributed by atoms with Crippen molar-refractivity contribution in [1.29, 1.82) is 0 Å². The van der Waals surface area contributed by atoms with Crippen molar-refractivity contribution in [2.24, 2.45) is 11.3 Å². The number of hydrazine groups is 1. The van der Waals surface area contributed by atoms with Crippen LogP contribution in [0.2, 0.25) is 0 Å². The smallest absolute Gasteiger partial charge is 0.233 e. The van der Waals surface area contributed by atoms with E-state index in [2.05, 4.69) is 24.2 Å². The summed E-state index contributed by atoms with van der Waals surface area (Å²) >= 11 is 0. The summed E-state index contributed by atoms with van der Waals surface area (Å²) in [4.78, 5) is 13.4. The van der Waals surface area contributed by atoms with E-state index in [1.54, 1.807) is 0 Å². The number of rotatable bonds is 6. The summed E-state index contributed by atoms with van der Waals surface area (Å²) in [5.41, 5.74) is 2.66. The van der Waals surface area contributed by atoms with E-state index in [4.69, 9.17) is 5.84 Å². The summed E-state index contributed by atoms with van der Waals surface area (Å²) in [6.07, 6.45) is 5.11. The Bertz CT molecular complexity index is 228. The molecular weight excluding hydrogens is 202 g/mol. The van der Waals surface area contributed by atoms with Gasteiger partial charge < -0.3 is 4.90 Å². The minimum Gasteiger partial charge on any atom is -0.303 e. The second-order valence-electron chi connectivity index (χ2n) is 5.57. The van der Waals surface area contributed by atoms with Gasteiger partial charge >= 0.3 is 0 Å². The molecule has 0 aromatic rings. The second kappa shape index (κ2) is 6.21. The van der Waals surface area contributed by atoms with Crippen LogP contribution in [0.1, 0.15) is 46.0 Å². The molecule has 4 heteroatoms. The Morgan fingerprint density at radius 2 is 2.12 bits per heavy atom. The molecule has 1 fully saturated rings. The maximum absolute atomic E-state index is 10.9. The van der Waals surface area contributed by atoms with Crippen molar-refractivity contribution in [3.05, 3.63) is 0 Å². The maximum atomic E-state index is 10.9. The molecule has 0 saturated carbocycles. The van der Waals surface area contributed by atoms with Crippen LogP contribution in [0.15, 0.2) is 0 Å². The van der Waals surface area contributed by atoms with Crippen molar-refractivity contribution in [2.45, 2.75) is 46.0 Å².